The Hall–Kier alpha value is -0.360. The first-order valence-electron chi connectivity index (χ1n) is 6.61. The summed E-state index contributed by atoms with van der Waals surface area (Å²) in [6, 6.07) is 0.0546. The summed E-state index contributed by atoms with van der Waals surface area (Å²) in [5.41, 5.74) is 1.02. The van der Waals surface area contributed by atoms with E-state index in [1.54, 1.807) is 11.3 Å². The van der Waals surface area contributed by atoms with Crippen molar-refractivity contribution in [1.29, 1.82) is 0 Å². The number of aryl methyl sites for hydroxylation is 1. The van der Waals surface area contributed by atoms with E-state index in [9.17, 15) is 4.79 Å². The molecule has 2 N–H and O–H groups in total. The maximum Gasteiger partial charge on any atom is 0.234 e. The highest BCUT2D eigenvalue weighted by Crippen LogP contribution is 2.27. The summed E-state index contributed by atoms with van der Waals surface area (Å²) in [5.74, 6) is 0.872. The van der Waals surface area contributed by atoms with Gasteiger partial charge in [-0.2, -0.15) is 0 Å². The molecule has 0 spiro atoms. The number of hydrogen-bond donors (Lipinski definition) is 2. The molecule has 1 fully saturated rings. The number of carbonyl (C=O) groups excluding carboxylic acids is 1. The molecule has 1 unspecified atom stereocenters. The number of thiazole rings is 1. The van der Waals surface area contributed by atoms with Gasteiger partial charge in [0.1, 0.15) is 5.01 Å². The van der Waals surface area contributed by atoms with Crippen molar-refractivity contribution >= 4 is 42.1 Å². The first kappa shape index (κ1) is 19.6. The van der Waals surface area contributed by atoms with Crippen molar-refractivity contribution in [3.05, 3.63) is 16.1 Å². The lowest BCUT2D eigenvalue weighted by molar-refractivity contribution is -0.121. The molecular weight excluding hydrogens is 317 g/mol. The standard InChI is InChI=1S/C13H21N3OS.2ClH/c1-3-11(13-15-9(2)8-18-13)16-12(17)7-14-6-10-4-5-10;;/h8,10-11,14H,3-7H2,1-2H3,(H,16,17);2*1H. The average Bonchev–Trinajstić information content (AvgIpc) is 3.07. The molecule has 1 aliphatic rings. The number of nitrogens with one attached hydrogen (secondary N) is 2. The molecule has 116 valence electrons. The largest absolute Gasteiger partial charge is 0.346 e. The average molecular weight is 340 g/mol. The minimum atomic E-state index is 0. The lowest BCUT2D eigenvalue weighted by atomic mass is 10.2. The fraction of sp³-hybridized carbons (Fsp3) is 0.692. The fourth-order valence-corrected chi connectivity index (χ4v) is 2.76. The number of nitrogens with zero attached hydrogens (tertiary/aromatic N) is 1. The van der Waals surface area contributed by atoms with E-state index in [2.05, 4.69) is 22.5 Å². The van der Waals surface area contributed by atoms with E-state index in [-0.39, 0.29) is 36.8 Å². The van der Waals surface area contributed by atoms with Gasteiger partial charge in [-0.05, 0) is 38.6 Å². The molecule has 1 saturated carbocycles. The molecule has 0 bridgehead atoms. The molecule has 20 heavy (non-hydrogen) atoms. The Morgan fingerprint density at radius 3 is 2.70 bits per heavy atom. The Kier molecular flexibility index (Phi) is 9.38. The van der Waals surface area contributed by atoms with Gasteiger partial charge in [0.2, 0.25) is 5.91 Å². The van der Waals surface area contributed by atoms with Gasteiger partial charge in [-0.1, -0.05) is 6.92 Å². The Labute approximate surface area is 137 Å². The Morgan fingerprint density at radius 2 is 2.20 bits per heavy atom. The van der Waals surface area contributed by atoms with Gasteiger partial charge in [0, 0.05) is 11.1 Å². The lowest BCUT2D eigenvalue weighted by Gasteiger charge is -2.14. The van der Waals surface area contributed by atoms with Crippen molar-refractivity contribution in [2.75, 3.05) is 13.1 Å². The van der Waals surface area contributed by atoms with E-state index in [0.717, 1.165) is 29.6 Å². The van der Waals surface area contributed by atoms with Crippen LogP contribution < -0.4 is 10.6 Å². The maximum absolute atomic E-state index is 11.8. The smallest absolute Gasteiger partial charge is 0.234 e. The molecule has 1 heterocycles. The maximum atomic E-state index is 11.8. The highest BCUT2D eigenvalue weighted by Gasteiger charge is 2.21. The van der Waals surface area contributed by atoms with E-state index in [1.807, 2.05) is 12.3 Å². The second kappa shape index (κ2) is 9.55. The van der Waals surface area contributed by atoms with Crippen molar-refractivity contribution in [2.24, 2.45) is 5.92 Å². The first-order chi connectivity index (χ1) is 8.69. The second-order valence-corrected chi connectivity index (χ2v) is 5.82. The Morgan fingerprint density at radius 1 is 1.50 bits per heavy atom. The van der Waals surface area contributed by atoms with Crippen LogP contribution in [0.1, 0.15) is 42.9 Å². The molecule has 0 radical (unpaired) electrons. The molecular formula is C13H23Cl2N3OS. The highest BCUT2D eigenvalue weighted by atomic mass is 35.5. The van der Waals surface area contributed by atoms with Crippen LogP contribution in [0.2, 0.25) is 0 Å². The van der Waals surface area contributed by atoms with Crippen LogP contribution in [0, 0.1) is 12.8 Å². The van der Waals surface area contributed by atoms with Gasteiger partial charge in [-0.15, -0.1) is 36.2 Å². The van der Waals surface area contributed by atoms with Crippen LogP contribution in [0.3, 0.4) is 0 Å². The van der Waals surface area contributed by atoms with Gasteiger partial charge in [-0.25, -0.2) is 4.98 Å². The van der Waals surface area contributed by atoms with Crippen molar-refractivity contribution < 1.29 is 4.79 Å². The van der Waals surface area contributed by atoms with E-state index in [0.29, 0.717) is 6.54 Å². The minimum Gasteiger partial charge on any atom is -0.346 e. The summed E-state index contributed by atoms with van der Waals surface area (Å²) in [7, 11) is 0. The Bertz CT molecular complexity index is 410. The van der Waals surface area contributed by atoms with Crippen LogP contribution in [-0.2, 0) is 4.79 Å². The zero-order valence-corrected chi connectivity index (χ0v) is 14.3. The highest BCUT2D eigenvalue weighted by molar-refractivity contribution is 7.09. The van der Waals surface area contributed by atoms with Gasteiger partial charge in [0.05, 0.1) is 12.6 Å². The zero-order valence-electron chi connectivity index (χ0n) is 11.8. The summed E-state index contributed by atoms with van der Waals surface area (Å²) in [6.07, 6.45) is 3.50. The van der Waals surface area contributed by atoms with Gasteiger partial charge in [0.15, 0.2) is 0 Å². The van der Waals surface area contributed by atoms with Crippen molar-refractivity contribution in [3.63, 3.8) is 0 Å². The molecule has 4 nitrogen and oxygen atoms in total. The third kappa shape index (κ3) is 6.39. The zero-order chi connectivity index (χ0) is 13.0. The molecule has 7 heteroatoms. The van der Waals surface area contributed by atoms with E-state index >= 15 is 0 Å². The van der Waals surface area contributed by atoms with Crippen LogP contribution in [0.25, 0.3) is 0 Å². The Balaban J connectivity index is 0.00000180. The van der Waals surface area contributed by atoms with Gasteiger partial charge < -0.3 is 10.6 Å². The van der Waals surface area contributed by atoms with Crippen molar-refractivity contribution in [3.8, 4) is 0 Å². The fourth-order valence-electron chi connectivity index (χ4n) is 1.83. The quantitative estimate of drug-likeness (QED) is 0.803. The van der Waals surface area contributed by atoms with Crippen molar-refractivity contribution in [1.82, 2.24) is 15.6 Å². The van der Waals surface area contributed by atoms with E-state index in [4.69, 9.17) is 0 Å². The normalized spacial score (nSPS) is 14.9. The number of halogens is 2. The van der Waals surface area contributed by atoms with Crippen LogP contribution in [0.15, 0.2) is 5.38 Å². The van der Waals surface area contributed by atoms with Gasteiger partial charge in [0.25, 0.3) is 0 Å². The molecule has 0 aromatic carbocycles. The van der Waals surface area contributed by atoms with E-state index in [1.165, 1.54) is 12.8 Å². The number of amides is 1. The SMILES string of the molecule is CCC(NC(=O)CNCC1CC1)c1nc(C)cs1.Cl.Cl. The van der Waals surface area contributed by atoms with Crippen LogP contribution in [0.4, 0.5) is 0 Å². The van der Waals surface area contributed by atoms with Crippen molar-refractivity contribution in [2.45, 2.75) is 39.2 Å². The van der Waals surface area contributed by atoms with Gasteiger partial charge >= 0.3 is 0 Å². The lowest BCUT2D eigenvalue weighted by Crippen LogP contribution is -2.36. The van der Waals surface area contributed by atoms with E-state index < -0.39 is 0 Å². The summed E-state index contributed by atoms with van der Waals surface area (Å²) < 4.78 is 0. The summed E-state index contributed by atoms with van der Waals surface area (Å²) in [4.78, 5) is 16.2. The molecule has 1 atom stereocenters. The second-order valence-electron chi connectivity index (χ2n) is 4.93. The predicted octanol–water partition coefficient (Wildman–Crippen LogP) is 2.86. The van der Waals surface area contributed by atoms with Crippen LogP contribution in [0.5, 0.6) is 0 Å². The van der Waals surface area contributed by atoms with Crippen LogP contribution >= 0.6 is 36.2 Å². The predicted molar refractivity (Wildman–Crippen MR) is 88.1 cm³/mol. The molecule has 2 rings (SSSR count). The first-order valence-corrected chi connectivity index (χ1v) is 7.49. The summed E-state index contributed by atoms with van der Waals surface area (Å²) in [5, 5.41) is 9.27. The third-order valence-corrected chi connectivity index (χ3v) is 4.17. The number of carbonyl (C=O) groups is 1. The molecule has 1 aromatic heterocycles. The van der Waals surface area contributed by atoms with Gasteiger partial charge in [-0.3, -0.25) is 4.79 Å². The molecule has 1 aliphatic carbocycles. The topological polar surface area (TPSA) is 54.0 Å². The number of hydrogen-bond acceptors (Lipinski definition) is 4. The summed E-state index contributed by atoms with van der Waals surface area (Å²) >= 11 is 1.62. The van der Waals surface area contributed by atoms with Crippen LogP contribution in [-0.4, -0.2) is 24.0 Å². The number of rotatable bonds is 7. The molecule has 0 saturated heterocycles. The molecule has 0 aliphatic heterocycles. The third-order valence-electron chi connectivity index (χ3n) is 3.09. The molecule has 1 aromatic rings. The monoisotopic (exact) mass is 339 g/mol. The molecule has 1 amide bonds. The number of aromatic nitrogens is 1. The summed E-state index contributed by atoms with van der Waals surface area (Å²) in [6.45, 7) is 5.43. The minimum absolute atomic E-state index is 0.